The predicted molar refractivity (Wildman–Crippen MR) is 72.7 cm³/mol. The highest BCUT2D eigenvalue weighted by Gasteiger charge is 2.11. The molecule has 0 fully saturated rings. The van der Waals surface area contributed by atoms with E-state index in [2.05, 4.69) is 17.2 Å². The third-order valence-corrected chi connectivity index (χ3v) is 3.36. The van der Waals surface area contributed by atoms with Crippen molar-refractivity contribution in [3.8, 4) is 0 Å². The molecule has 0 unspecified atom stereocenters. The smallest absolute Gasteiger partial charge is 0.251 e. The number of rotatable bonds is 3. The highest BCUT2D eigenvalue weighted by Crippen LogP contribution is 2.16. The van der Waals surface area contributed by atoms with Crippen molar-refractivity contribution >= 4 is 16.9 Å². The SMILES string of the molecule is CC[C@@H](C)NC(=O)c1ccc2c(c1)nc(C)n2C. The van der Waals surface area contributed by atoms with E-state index in [9.17, 15) is 4.79 Å². The van der Waals surface area contributed by atoms with Crippen LogP contribution < -0.4 is 5.32 Å². The summed E-state index contributed by atoms with van der Waals surface area (Å²) in [5.41, 5.74) is 2.58. The van der Waals surface area contributed by atoms with Gasteiger partial charge in [-0.1, -0.05) is 6.92 Å². The summed E-state index contributed by atoms with van der Waals surface area (Å²) < 4.78 is 2.02. The maximum atomic E-state index is 12.0. The van der Waals surface area contributed by atoms with E-state index in [1.165, 1.54) is 0 Å². The molecule has 0 aliphatic heterocycles. The molecule has 0 aliphatic carbocycles. The molecule has 96 valence electrons. The second-order valence-corrected chi connectivity index (χ2v) is 4.70. The Labute approximate surface area is 107 Å². The molecule has 1 heterocycles. The Morgan fingerprint density at radius 1 is 1.50 bits per heavy atom. The van der Waals surface area contributed by atoms with Gasteiger partial charge in [-0.2, -0.15) is 0 Å². The molecule has 1 aromatic heterocycles. The van der Waals surface area contributed by atoms with E-state index in [4.69, 9.17) is 0 Å². The standard InChI is InChI=1S/C14H19N3O/c1-5-9(2)15-14(18)11-6-7-13-12(8-11)16-10(3)17(13)4/h6-9H,5H2,1-4H3,(H,15,18)/t9-/m1/s1. The molecule has 0 spiro atoms. The molecule has 1 amide bonds. The summed E-state index contributed by atoms with van der Waals surface area (Å²) in [7, 11) is 1.98. The summed E-state index contributed by atoms with van der Waals surface area (Å²) in [5.74, 6) is 0.916. The van der Waals surface area contributed by atoms with Gasteiger partial charge in [0.1, 0.15) is 5.82 Å². The number of hydrogen-bond acceptors (Lipinski definition) is 2. The average molecular weight is 245 g/mol. The highest BCUT2D eigenvalue weighted by atomic mass is 16.1. The molecule has 1 aromatic carbocycles. The summed E-state index contributed by atoms with van der Waals surface area (Å²) in [5, 5.41) is 2.96. The van der Waals surface area contributed by atoms with Crippen LogP contribution >= 0.6 is 0 Å². The number of hydrogen-bond donors (Lipinski definition) is 1. The minimum absolute atomic E-state index is 0.0328. The predicted octanol–water partition coefficient (Wildman–Crippen LogP) is 2.41. The van der Waals surface area contributed by atoms with Gasteiger partial charge in [0.25, 0.3) is 5.91 Å². The fourth-order valence-corrected chi connectivity index (χ4v) is 1.87. The first-order chi connectivity index (χ1) is 8.52. The highest BCUT2D eigenvalue weighted by molar-refractivity contribution is 5.97. The van der Waals surface area contributed by atoms with E-state index in [0.717, 1.165) is 23.3 Å². The van der Waals surface area contributed by atoms with Crippen LogP contribution in [0.2, 0.25) is 0 Å². The van der Waals surface area contributed by atoms with Crippen LogP contribution in [0.15, 0.2) is 18.2 Å². The molecular formula is C14H19N3O. The van der Waals surface area contributed by atoms with E-state index in [-0.39, 0.29) is 11.9 Å². The van der Waals surface area contributed by atoms with Gasteiger partial charge >= 0.3 is 0 Å². The normalized spacial score (nSPS) is 12.7. The number of carbonyl (C=O) groups excluding carboxylic acids is 1. The van der Waals surface area contributed by atoms with Crippen molar-refractivity contribution < 1.29 is 4.79 Å². The molecule has 1 N–H and O–H groups in total. The minimum Gasteiger partial charge on any atom is -0.350 e. The minimum atomic E-state index is -0.0328. The zero-order valence-electron chi connectivity index (χ0n) is 11.3. The fraction of sp³-hybridized carbons (Fsp3) is 0.429. The van der Waals surface area contributed by atoms with Gasteiger partial charge < -0.3 is 9.88 Å². The zero-order valence-corrected chi connectivity index (χ0v) is 11.3. The number of imidazole rings is 1. The van der Waals surface area contributed by atoms with Crippen LogP contribution in [0.4, 0.5) is 0 Å². The van der Waals surface area contributed by atoms with Crippen molar-refractivity contribution in [1.29, 1.82) is 0 Å². The summed E-state index contributed by atoms with van der Waals surface area (Å²) in [6.45, 7) is 6.01. The molecule has 18 heavy (non-hydrogen) atoms. The second-order valence-electron chi connectivity index (χ2n) is 4.70. The van der Waals surface area contributed by atoms with Gasteiger partial charge in [-0.25, -0.2) is 4.98 Å². The van der Waals surface area contributed by atoms with Crippen molar-refractivity contribution in [3.05, 3.63) is 29.6 Å². The molecular weight excluding hydrogens is 226 g/mol. The largest absolute Gasteiger partial charge is 0.350 e. The summed E-state index contributed by atoms with van der Waals surface area (Å²) in [6, 6.07) is 5.83. The van der Waals surface area contributed by atoms with Crippen LogP contribution in [-0.2, 0) is 7.05 Å². The van der Waals surface area contributed by atoms with Crippen LogP contribution in [0.3, 0.4) is 0 Å². The quantitative estimate of drug-likeness (QED) is 0.902. The van der Waals surface area contributed by atoms with Crippen LogP contribution in [0.1, 0.15) is 36.5 Å². The van der Waals surface area contributed by atoms with Crippen molar-refractivity contribution in [1.82, 2.24) is 14.9 Å². The lowest BCUT2D eigenvalue weighted by Gasteiger charge is -2.11. The van der Waals surface area contributed by atoms with E-state index >= 15 is 0 Å². The van der Waals surface area contributed by atoms with E-state index < -0.39 is 0 Å². The maximum Gasteiger partial charge on any atom is 0.251 e. The lowest BCUT2D eigenvalue weighted by molar-refractivity contribution is 0.0939. The summed E-state index contributed by atoms with van der Waals surface area (Å²) in [6.07, 6.45) is 0.927. The summed E-state index contributed by atoms with van der Waals surface area (Å²) in [4.78, 5) is 16.4. The van der Waals surface area contributed by atoms with Crippen LogP contribution in [-0.4, -0.2) is 21.5 Å². The van der Waals surface area contributed by atoms with E-state index in [0.29, 0.717) is 5.56 Å². The number of nitrogens with zero attached hydrogens (tertiary/aromatic N) is 2. The second kappa shape index (κ2) is 4.80. The van der Waals surface area contributed by atoms with Crippen molar-refractivity contribution in [3.63, 3.8) is 0 Å². The molecule has 1 atom stereocenters. The maximum absolute atomic E-state index is 12.0. The van der Waals surface area contributed by atoms with E-state index in [1.54, 1.807) is 0 Å². The lowest BCUT2D eigenvalue weighted by atomic mass is 10.1. The first-order valence-corrected chi connectivity index (χ1v) is 6.27. The van der Waals surface area contributed by atoms with Gasteiger partial charge in [0.2, 0.25) is 0 Å². The lowest BCUT2D eigenvalue weighted by Crippen LogP contribution is -2.31. The van der Waals surface area contributed by atoms with Crippen molar-refractivity contribution in [2.24, 2.45) is 7.05 Å². The fourth-order valence-electron chi connectivity index (χ4n) is 1.87. The molecule has 0 radical (unpaired) electrons. The van der Waals surface area contributed by atoms with Gasteiger partial charge in [0.05, 0.1) is 11.0 Å². The third-order valence-electron chi connectivity index (χ3n) is 3.36. The number of aryl methyl sites for hydroxylation is 2. The molecule has 0 bridgehead atoms. The number of benzene rings is 1. The molecule has 0 aliphatic rings. The molecule has 2 rings (SSSR count). The molecule has 0 saturated heterocycles. The van der Waals surface area contributed by atoms with Gasteiger partial charge in [0.15, 0.2) is 0 Å². The molecule has 2 aromatic rings. The Kier molecular flexibility index (Phi) is 3.36. The number of amides is 1. The van der Waals surface area contributed by atoms with Crippen molar-refractivity contribution in [2.75, 3.05) is 0 Å². The molecule has 0 saturated carbocycles. The van der Waals surface area contributed by atoms with Gasteiger partial charge in [-0.05, 0) is 38.5 Å². The Morgan fingerprint density at radius 3 is 2.89 bits per heavy atom. The first kappa shape index (κ1) is 12.6. The summed E-state index contributed by atoms with van der Waals surface area (Å²) >= 11 is 0. The van der Waals surface area contributed by atoms with Crippen LogP contribution in [0.5, 0.6) is 0 Å². The number of fused-ring (bicyclic) bond motifs is 1. The van der Waals surface area contributed by atoms with E-state index in [1.807, 2.05) is 43.7 Å². The van der Waals surface area contributed by atoms with Gasteiger partial charge in [-0.15, -0.1) is 0 Å². The third kappa shape index (κ3) is 2.23. The molecule has 4 heteroatoms. The number of nitrogens with one attached hydrogen (secondary N) is 1. The van der Waals surface area contributed by atoms with Crippen LogP contribution in [0, 0.1) is 6.92 Å². The first-order valence-electron chi connectivity index (χ1n) is 6.27. The van der Waals surface area contributed by atoms with Gasteiger partial charge in [0, 0.05) is 18.7 Å². The number of carbonyl (C=O) groups is 1. The van der Waals surface area contributed by atoms with Crippen LogP contribution in [0.25, 0.3) is 11.0 Å². The average Bonchev–Trinajstić information content (AvgIpc) is 2.64. The monoisotopic (exact) mass is 245 g/mol. The Balaban J connectivity index is 2.33. The van der Waals surface area contributed by atoms with Crippen molar-refractivity contribution in [2.45, 2.75) is 33.2 Å². The Hall–Kier alpha value is -1.84. The topological polar surface area (TPSA) is 46.9 Å². The molecule has 4 nitrogen and oxygen atoms in total. The zero-order chi connectivity index (χ0) is 13.3. The Bertz CT molecular complexity index is 586. The number of aromatic nitrogens is 2. The van der Waals surface area contributed by atoms with Gasteiger partial charge in [-0.3, -0.25) is 4.79 Å². The Morgan fingerprint density at radius 2 is 2.22 bits per heavy atom.